The second kappa shape index (κ2) is 6.49. The van der Waals surface area contributed by atoms with Crippen LogP contribution in [0.4, 0.5) is 5.69 Å². The Bertz CT molecular complexity index is 622. The molecule has 1 atom stereocenters. The quantitative estimate of drug-likeness (QED) is 0.880. The molecule has 21 heavy (non-hydrogen) atoms. The largest absolute Gasteiger partial charge is 0.334 e. The number of carbonyl (C=O) groups excluding carboxylic acids is 1. The highest BCUT2D eigenvalue weighted by Crippen LogP contribution is 2.26. The fourth-order valence-electron chi connectivity index (χ4n) is 1.84. The van der Waals surface area contributed by atoms with Crippen LogP contribution in [0.1, 0.15) is 26.1 Å². The van der Waals surface area contributed by atoms with Crippen LogP contribution < -0.4 is 11.1 Å². The first-order valence-electron chi connectivity index (χ1n) is 6.92. The third-order valence-corrected chi connectivity index (χ3v) is 3.24. The van der Waals surface area contributed by atoms with Gasteiger partial charge in [-0.05, 0) is 25.0 Å². The second-order valence-corrected chi connectivity index (χ2v) is 5.35. The van der Waals surface area contributed by atoms with Crippen molar-refractivity contribution in [2.24, 2.45) is 11.7 Å². The van der Waals surface area contributed by atoms with E-state index in [0.29, 0.717) is 23.0 Å². The Morgan fingerprint density at radius 2 is 2.10 bits per heavy atom. The lowest BCUT2D eigenvalue weighted by atomic mass is 10.0. The summed E-state index contributed by atoms with van der Waals surface area (Å²) in [7, 11) is 0. The number of hydrogen-bond donors (Lipinski definition) is 2. The monoisotopic (exact) mass is 288 g/mol. The van der Waals surface area contributed by atoms with Crippen molar-refractivity contribution in [3.63, 3.8) is 0 Å². The number of aryl methyl sites for hydroxylation is 1. The number of nitrogens with two attached hydrogens (primary N) is 1. The summed E-state index contributed by atoms with van der Waals surface area (Å²) in [6.07, 6.45) is 0.273. The number of hydrogen-bond acceptors (Lipinski definition) is 5. The van der Waals surface area contributed by atoms with Gasteiger partial charge in [-0.2, -0.15) is 4.98 Å². The minimum Gasteiger partial charge on any atom is -0.334 e. The number of rotatable bonds is 5. The fraction of sp³-hybridized carbons (Fsp3) is 0.400. The summed E-state index contributed by atoms with van der Waals surface area (Å²) >= 11 is 0. The highest BCUT2D eigenvalue weighted by molar-refractivity contribution is 5.94. The lowest BCUT2D eigenvalue weighted by Crippen LogP contribution is -2.31. The van der Waals surface area contributed by atoms with E-state index in [-0.39, 0.29) is 24.3 Å². The number of nitrogens with one attached hydrogen (secondary N) is 1. The van der Waals surface area contributed by atoms with Crippen LogP contribution in [0.25, 0.3) is 11.5 Å². The van der Waals surface area contributed by atoms with Crippen molar-refractivity contribution in [1.82, 2.24) is 10.1 Å². The van der Waals surface area contributed by atoms with Gasteiger partial charge in [0, 0.05) is 12.5 Å². The maximum atomic E-state index is 12.1. The van der Waals surface area contributed by atoms with Crippen LogP contribution in [-0.4, -0.2) is 22.1 Å². The minimum absolute atomic E-state index is 0.125. The maximum absolute atomic E-state index is 12.1. The molecule has 1 aromatic carbocycles. The van der Waals surface area contributed by atoms with Gasteiger partial charge in [0.2, 0.25) is 5.91 Å². The number of benzene rings is 1. The lowest BCUT2D eigenvalue weighted by Gasteiger charge is -2.15. The Kier molecular flexibility index (Phi) is 4.70. The normalized spacial score (nSPS) is 12.4. The van der Waals surface area contributed by atoms with Crippen LogP contribution in [-0.2, 0) is 4.79 Å². The zero-order chi connectivity index (χ0) is 15.4. The topological polar surface area (TPSA) is 94.0 Å². The summed E-state index contributed by atoms with van der Waals surface area (Å²) in [5.41, 5.74) is 7.26. The Morgan fingerprint density at radius 1 is 1.38 bits per heavy atom. The molecule has 0 saturated heterocycles. The molecule has 6 heteroatoms. The van der Waals surface area contributed by atoms with Gasteiger partial charge in [0.1, 0.15) is 0 Å². The van der Waals surface area contributed by atoms with Crippen molar-refractivity contribution in [2.75, 3.05) is 5.32 Å². The van der Waals surface area contributed by atoms with E-state index in [0.717, 1.165) is 0 Å². The van der Waals surface area contributed by atoms with Crippen molar-refractivity contribution < 1.29 is 9.32 Å². The molecule has 0 aliphatic carbocycles. The van der Waals surface area contributed by atoms with Gasteiger partial charge in [0.05, 0.1) is 11.3 Å². The number of amides is 1. The summed E-state index contributed by atoms with van der Waals surface area (Å²) in [5, 5.41) is 6.62. The molecule has 0 bridgehead atoms. The number of nitrogens with zero attached hydrogens (tertiary/aromatic N) is 2. The predicted octanol–water partition coefficient (Wildman–Crippen LogP) is 2.36. The van der Waals surface area contributed by atoms with Crippen LogP contribution in [0.5, 0.6) is 0 Å². The zero-order valence-corrected chi connectivity index (χ0v) is 12.5. The van der Waals surface area contributed by atoms with Crippen molar-refractivity contribution in [3.05, 3.63) is 30.1 Å². The van der Waals surface area contributed by atoms with Crippen LogP contribution in [0.2, 0.25) is 0 Å². The van der Waals surface area contributed by atoms with Gasteiger partial charge in [0.25, 0.3) is 5.89 Å². The molecular weight excluding hydrogens is 268 g/mol. The Morgan fingerprint density at radius 3 is 2.71 bits per heavy atom. The number of carbonyl (C=O) groups is 1. The molecule has 0 spiro atoms. The molecule has 0 fully saturated rings. The average Bonchev–Trinajstić information content (AvgIpc) is 2.85. The lowest BCUT2D eigenvalue weighted by molar-refractivity contribution is -0.116. The Hall–Kier alpha value is -2.21. The van der Waals surface area contributed by atoms with Gasteiger partial charge in [-0.1, -0.05) is 31.1 Å². The third kappa shape index (κ3) is 3.88. The number of anilines is 1. The van der Waals surface area contributed by atoms with Gasteiger partial charge in [-0.15, -0.1) is 0 Å². The van der Waals surface area contributed by atoms with E-state index in [2.05, 4.69) is 15.5 Å². The first kappa shape index (κ1) is 15.2. The first-order chi connectivity index (χ1) is 9.97. The smallest absolute Gasteiger partial charge is 0.260 e. The molecule has 0 aliphatic heterocycles. The number of para-hydroxylation sites is 1. The van der Waals surface area contributed by atoms with E-state index < -0.39 is 0 Å². The molecule has 0 radical (unpaired) electrons. The van der Waals surface area contributed by atoms with Crippen LogP contribution >= 0.6 is 0 Å². The molecule has 0 saturated carbocycles. The number of aromatic nitrogens is 2. The standard InChI is InChI=1S/C15H20N4O2/c1-9(2)12(16)8-14(20)18-13-7-5-4-6-11(13)15-17-10(3)19-21-15/h4-7,9,12H,8,16H2,1-3H3,(H,18,20). The van der Waals surface area contributed by atoms with Crippen LogP contribution in [0.3, 0.4) is 0 Å². The molecule has 2 aromatic rings. The van der Waals surface area contributed by atoms with Gasteiger partial charge in [-0.25, -0.2) is 0 Å². The first-order valence-corrected chi connectivity index (χ1v) is 6.92. The third-order valence-electron chi connectivity index (χ3n) is 3.24. The van der Waals surface area contributed by atoms with Gasteiger partial charge in [-0.3, -0.25) is 4.79 Å². The summed E-state index contributed by atoms with van der Waals surface area (Å²) in [6, 6.07) is 7.15. The maximum Gasteiger partial charge on any atom is 0.260 e. The summed E-state index contributed by atoms with van der Waals surface area (Å²) in [4.78, 5) is 16.2. The van der Waals surface area contributed by atoms with Crippen LogP contribution in [0.15, 0.2) is 28.8 Å². The Balaban J connectivity index is 2.16. The van der Waals surface area contributed by atoms with E-state index in [9.17, 15) is 4.79 Å². The molecule has 0 aliphatic rings. The minimum atomic E-state index is -0.164. The summed E-state index contributed by atoms with van der Waals surface area (Å²) in [6.45, 7) is 5.73. The van der Waals surface area contributed by atoms with Gasteiger partial charge >= 0.3 is 0 Å². The van der Waals surface area contributed by atoms with E-state index in [4.69, 9.17) is 10.3 Å². The van der Waals surface area contributed by atoms with Crippen molar-refractivity contribution >= 4 is 11.6 Å². The van der Waals surface area contributed by atoms with Crippen molar-refractivity contribution in [1.29, 1.82) is 0 Å². The second-order valence-electron chi connectivity index (χ2n) is 5.35. The van der Waals surface area contributed by atoms with E-state index in [1.807, 2.05) is 32.0 Å². The fourth-order valence-corrected chi connectivity index (χ4v) is 1.84. The highest BCUT2D eigenvalue weighted by Gasteiger charge is 2.16. The van der Waals surface area contributed by atoms with E-state index >= 15 is 0 Å². The Labute approximate surface area is 123 Å². The van der Waals surface area contributed by atoms with E-state index in [1.165, 1.54) is 0 Å². The van der Waals surface area contributed by atoms with Gasteiger partial charge in [0.15, 0.2) is 5.82 Å². The molecule has 1 amide bonds. The molecule has 1 heterocycles. The van der Waals surface area contributed by atoms with Crippen molar-refractivity contribution in [2.45, 2.75) is 33.2 Å². The molecular formula is C15H20N4O2. The SMILES string of the molecule is Cc1noc(-c2ccccc2NC(=O)CC(N)C(C)C)n1. The predicted molar refractivity (Wildman–Crippen MR) is 80.5 cm³/mol. The zero-order valence-electron chi connectivity index (χ0n) is 12.5. The molecule has 2 rings (SSSR count). The molecule has 1 aromatic heterocycles. The molecule has 6 nitrogen and oxygen atoms in total. The average molecular weight is 288 g/mol. The van der Waals surface area contributed by atoms with E-state index in [1.54, 1.807) is 13.0 Å². The molecule has 112 valence electrons. The van der Waals surface area contributed by atoms with Crippen LogP contribution in [0, 0.1) is 12.8 Å². The van der Waals surface area contributed by atoms with Gasteiger partial charge < -0.3 is 15.6 Å². The highest BCUT2D eigenvalue weighted by atomic mass is 16.5. The molecule has 3 N–H and O–H groups in total. The summed E-state index contributed by atoms with van der Waals surface area (Å²) in [5.74, 6) is 1.06. The molecule has 1 unspecified atom stereocenters. The summed E-state index contributed by atoms with van der Waals surface area (Å²) < 4.78 is 5.15. The van der Waals surface area contributed by atoms with Crippen molar-refractivity contribution in [3.8, 4) is 11.5 Å².